The molecule has 1 aliphatic heterocycles. The first-order valence-corrected chi connectivity index (χ1v) is 12.1. The summed E-state index contributed by atoms with van der Waals surface area (Å²) >= 11 is 0. The Morgan fingerprint density at radius 1 is 0.974 bits per heavy atom. The highest BCUT2D eigenvalue weighted by atomic mass is 16.6. The maximum Gasteiger partial charge on any atom is 0.427 e. The summed E-state index contributed by atoms with van der Waals surface area (Å²) in [4.78, 5) is 51.0. The molecule has 1 aliphatic rings. The molecule has 1 saturated heterocycles. The number of imide groups is 1. The Morgan fingerprint density at radius 3 is 2.08 bits per heavy atom. The van der Waals surface area contributed by atoms with E-state index in [1.54, 1.807) is 58.6 Å². The molecule has 3 aromatic heterocycles. The van der Waals surface area contributed by atoms with E-state index < -0.39 is 23.4 Å². The second-order valence-corrected chi connectivity index (χ2v) is 10.5. The Balaban J connectivity index is 1.73. The zero-order chi connectivity index (χ0) is 27.7. The summed E-state index contributed by atoms with van der Waals surface area (Å²) in [5, 5.41) is 0. The molecule has 0 N–H and O–H groups in total. The van der Waals surface area contributed by atoms with Crippen molar-refractivity contribution < 1.29 is 23.8 Å². The van der Waals surface area contributed by atoms with Gasteiger partial charge in [-0.25, -0.2) is 34.5 Å². The van der Waals surface area contributed by atoms with Crippen LogP contribution in [0.15, 0.2) is 25.3 Å². The molecule has 13 heteroatoms. The minimum absolute atomic E-state index is 0.206. The van der Waals surface area contributed by atoms with Crippen LogP contribution in [-0.4, -0.2) is 79.2 Å². The van der Waals surface area contributed by atoms with Gasteiger partial charge in [0.15, 0.2) is 22.8 Å². The van der Waals surface area contributed by atoms with E-state index in [1.165, 1.54) is 12.4 Å². The largest absolute Gasteiger partial charge is 0.443 e. The van der Waals surface area contributed by atoms with E-state index in [-0.39, 0.29) is 5.95 Å². The number of rotatable bonds is 4. The fraction of sp³-hybridized carbons (Fsp3) is 0.480. The van der Waals surface area contributed by atoms with E-state index >= 15 is 0 Å². The van der Waals surface area contributed by atoms with Crippen LogP contribution in [-0.2, 0) is 14.2 Å². The summed E-state index contributed by atoms with van der Waals surface area (Å²) in [6, 6.07) is 0. The monoisotopic (exact) mass is 524 g/mol. The van der Waals surface area contributed by atoms with Crippen molar-refractivity contribution in [2.45, 2.75) is 52.7 Å². The van der Waals surface area contributed by atoms with Gasteiger partial charge in [-0.05, 0) is 41.5 Å². The first-order chi connectivity index (χ1) is 17.9. The molecule has 0 aliphatic carbocycles. The Hall–Kier alpha value is -4.13. The third-order valence-electron chi connectivity index (χ3n) is 5.16. The summed E-state index contributed by atoms with van der Waals surface area (Å²) in [5.41, 5.74) is -0.0427. The zero-order valence-electron chi connectivity index (χ0n) is 22.5. The molecule has 0 saturated carbocycles. The number of hydrogen-bond donors (Lipinski definition) is 0. The standard InChI is InChI=1S/C25H32N8O5/c1-8-31-15-28-17-19(31)29-18(30-20(17)32-9-11-36-12-10-32)16-13-26-21(27-14-16)33(22(34)37-24(2,3)4)23(35)38-25(5,6)7/h8,13-15H,1,9-12H2,2-7H3. The molecule has 0 atom stereocenters. The third-order valence-corrected chi connectivity index (χ3v) is 5.16. The Bertz CT molecular complexity index is 1310. The van der Waals surface area contributed by atoms with Crippen LogP contribution in [0.3, 0.4) is 0 Å². The predicted molar refractivity (Wildman–Crippen MR) is 141 cm³/mol. The van der Waals surface area contributed by atoms with Crippen LogP contribution >= 0.6 is 0 Å². The Kier molecular flexibility index (Phi) is 7.31. The van der Waals surface area contributed by atoms with Gasteiger partial charge in [0.1, 0.15) is 17.5 Å². The van der Waals surface area contributed by atoms with Gasteiger partial charge in [0.25, 0.3) is 0 Å². The fourth-order valence-electron chi connectivity index (χ4n) is 3.57. The van der Waals surface area contributed by atoms with Crippen molar-refractivity contribution >= 4 is 41.3 Å². The molecule has 202 valence electrons. The highest BCUT2D eigenvalue weighted by Crippen LogP contribution is 2.28. The topological polar surface area (TPSA) is 138 Å². The number of nitrogens with zero attached hydrogens (tertiary/aromatic N) is 8. The predicted octanol–water partition coefficient (Wildman–Crippen LogP) is 3.90. The van der Waals surface area contributed by atoms with Crippen LogP contribution in [0.5, 0.6) is 0 Å². The highest BCUT2D eigenvalue weighted by Gasteiger charge is 2.34. The average molecular weight is 525 g/mol. The summed E-state index contributed by atoms with van der Waals surface area (Å²) in [5.74, 6) is 0.792. The molecular weight excluding hydrogens is 492 g/mol. The molecule has 0 bridgehead atoms. The van der Waals surface area contributed by atoms with Crippen LogP contribution < -0.4 is 9.80 Å². The lowest BCUT2D eigenvalue weighted by molar-refractivity contribution is 0.0427. The van der Waals surface area contributed by atoms with E-state index in [0.717, 1.165) is 0 Å². The van der Waals surface area contributed by atoms with Crippen molar-refractivity contribution in [1.29, 1.82) is 0 Å². The zero-order valence-corrected chi connectivity index (χ0v) is 22.5. The van der Waals surface area contributed by atoms with Crippen molar-refractivity contribution in [3.05, 3.63) is 25.3 Å². The maximum atomic E-state index is 12.9. The van der Waals surface area contributed by atoms with Crippen molar-refractivity contribution in [3.63, 3.8) is 0 Å². The van der Waals surface area contributed by atoms with Gasteiger partial charge in [-0.2, -0.15) is 0 Å². The van der Waals surface area contributed by atoms with E-state index in [2.05, 4.69) is 31.4 Å². The van der Waals surface area contributed by atoms with E-state index in [0.29, 0.717) is 59.6 Å². The van der Waals surface area contributed by atoms with Gasteiger partial charge in [0, 0.05) is 31.7 Å². The minimum atomic E-state index is -0.957. The minimum Gasteiger partial charge on any atom is -0.443 e. The molecule has 13 nitrogen and oxygen atoms in total. The lowest BCUT2D eigenvalue weighted by Crippen LogP contribution is -2.44. The van der Waals surface area contributed by atoms with Gasteiger partial charge < -0.3 is 19.1 Å². The summed E-state index contributed by atoms with van der Waals surface area (Å²) in [7, 11) is 0. The fourth-order valence-corrected chi connectivity index (χ4v) is 3.57. The molecule has 38 heavy (non-hydrogen) atoms. The summed E-state index contributed by atoms with van der Waals surface area (Å²) < 4.78 is 18.0. The smallest absolute Gasteiger partial charge is 0.427 e. The molecule has 3 aromatic rings. The van der Waals surface area contributed by atoms with Gasteiger partial charge in [-0.1, -0.05) is 6.58 Å². The molecule has 2 amide bonds. The second kappa shape index (κ2) is 10.3. The molecule has 4 rings (SSSR count). The van der Waals surface area contributed by atoms with Gasteiger partial charge in [-0.3, -0.25) is 4.57 Å². The van der Waals surface area contributed by atoms with Crippen molar-refractivity contribution in [2.24, 2.45) is 0 Å². The van der Waals surface area contributed by atoms with Gasteiger partial charge in [-0.15, -0.1) is 4.90 Å². The second-order valence-electron chi connectivity index (χ2n) is 10.5. The van der Waals surface area contributed by atoms with E-state index in [4.69, 9.17) is 19.2 Å². The van der Waals surface area contributed by atoms with Crippen LogP contribution in [0.1, 0.15) is 41.5 Å². The number of hydrogen-bond acceptors (Lipinski definition) is 11. The van der Waals surface area contributed by atoms with Crippen molar-refractivity contribution in [3.8, 4) is 11.4 Å². The van der Waals surface area contributed by atoms with Gasteiger partial charge in [0.05, 0.1) is 18.8 Å². The summed E-state index contributed by atoms with van der Waals surface area (Å²) in [6.07, 6.45) is 4.18. The van der Waals surface area contributed by atoms with Crippen LogP contribution in [0.25, 0.3) is 28.8 Å². The Labute approximate surface area is 220 Å². The van der Waals surface area contributed by atoms with E-state index in [9.17, 15) is 9.59 Å². The highest BCUT2D eigenvalue weighted by molar-refractivity contribution is 6.08. The first-order valence-electron chi connectivity index (χ1n) is 12.1. The normalized spacial score (nSPS) is 14.3. The van der Waals surface area contributed by atoms with Crippen LogP contribution in [0.2, 0.25) is 0 Å². The number of anilines is 2. The van der Waals surface area contributed by atoms with Crippen LogP contribution in [0.4, 0.5) is 21.4 Å². The van der Waals surface area contributed by atoms with Crippen LogP contribution in [0, 0.1) is 0 Å². The Morgan fingerprint density at radius 2 is 1.55 bits per heavy atom. The quantitative estimate of drug-likeness (QED) is 0.491. The first kappa shape index (κ1) is 26.9. The molecule has 0 aromatic carbocycles. The van der Waals surface area contributed by atoms with E-state index in [1.807, 2.05) is 0 Å². The number of ether oxygens (including phenoxy) is 3. The number of morpholine rings is 1. The molecule has 0 radical (unpaired) electrons. The third kappa shape index (κ3) is 6.05. The molecule has 4 heterocycles. The molecule has 1 fully saturated rings. The molecule has 0 unspecified atom stereocenters. The number of amides is 2. The maximum absolute atomic E-state index is 12.9. The van der Waals surface area contributed by atoms with Gasteiger partial charge >= 0.3 is 12.2 Å². The number of carbonyl (C=O) groups is 2. The van der Waals surface area contributed by atoms with Gasteiger partial charge in [0.2, 0.25) is 5.95 Å². The number of fused-ring (bicyclic) bond motifs is 1. The number of aromatic nitrogens is 6. The lowest BCUT2D eigenvalue weighted by atomic mass is 10.2. The average Bonchev–Trinajstić information content (AvgIpc) is 3.25. The number of carbonyl (C=O) groups excluding carboxylic acids is 2. The molecular formula is C25H32N8O5. The number of imidazole rings is 1. The lowest BCUT2D eigenvalue weighted by Gasteiger charge is -2.28. The summed E-state index contributed by atoms with van der Waals surface area (Å²) in [6.45, 7) is 16.4. The molecule has 0 spiro atoms. The SMILES string of the molecule is C=Cn1cnc2c(N3CCOCC3)nc(-c3cnc(N(C(=O)OC(C)(C)C)C(=O)OC(C)(C)C)nc3)nc21. The van der Waals surface area contributed by atoms with Crippen molar-refractivity contribution in [1.82, 2.24) is 29.5 Å². The van der Waals surface area contributed by atoms with Crippen molar-refractivity contribution in [2.75, 3.05) is 36.1 Å².